The quantitative estimate of drug-likeness (QED) is 0.814. The van der Waals surface area contributed by atoms with Crippen molar-refractivity contribution >= 4 is 11.8 Å². The van der Waals surface area contributed by atoms with Crippen molar-refractivity contribution in [2.24, 2.45) is 5.92 Å². The first kappa shape index (κ1) is 15.0. The maximum Gasteiger partial charge on any atom is 0.303 e. The van der Waals surface area contributed by atoms with Crippen LogP contribution in [0.25, 0.3) is 11.1 Å². The molecule has 0 saturated carbocycles. The highest BCUT2D eigenvalue weighted by molar-refractivity contribution is 5.98. The molecule has 0 heterocycles. The topological polar surface area (TPSA) is 54.4 Å². The fraction of sp³-hybridized carbons (Fsp3) is 0.222. The molecule has 1 unspecified atom stereocenters. The van der Waals surface area contributed by atoms with Gasteiger partial charge in [-0.25, -0.2) is 0 Å². The molecule has 0 radical (unpaired) electrons. The van der Waals surface area contributed by atoms with Crippen molar-refractivity contribution in [1.82, 2.24) is 0 Å². The molecule has 0 spiro atoms. The minimum absolute atomic E-state index is 0.00383. The van der Waals surface area contributed by atoms with Crippen LogP contribution in [0.5, 0.6) is 0 Å². The highest BCUT2D eigenvalue weighted by Gasteiger charge is 2.16. The number of rotatable bonds is 6. The number of Topliss-reactive ketones (excluding diaryl/α,β-unsaturated/α-hetero) is 1. The second-order valence-electron chi connectivity index (χ2n) is 5.14. The van der Waals surface area contributed by atoms with Gasteiger partial charge in [0.05, 0.1) is 0 Å². The van der Waals surface area contributed by atoms with Crippen LogP contribution in [0.1, 0.15) is 30.1 Å². The van der Waals surface area contributed by atoms with Crippen LogP contribution in [-0.2, 0) is 4.79 Å². The summed E-state index contributed by atoms with van der Waals surface area (Å²) >= 11 is 0. The van der Waals surface area contributed by atoms with E-state index in [2.05, 4.69) is 0 Å². The predicted molar refractivity (Wildman–Crippen MR) is 82.2 cm³/mol. The minimum Gasteiger partial charge on any atom is -0.481 e. The Bertz CT molecular complexity index is 615. The molecule has 2 rings (SSSR count). The van der Waals surface area contributed by atoms with Crippen LogP contribution in [0.3, 0.4) is 0 Å². The van der Waals surface area contributed by atoms with Gasteiger partial charge in [0.2, 0.25) is 0 Å². The maximum absolute atomic E-state index is 12.2. The first-order chi connectivity index (χ1) is 10.1. The number of carboxylic acids is 1. The molecule has 108 valence electrons. The Morgan fingerprint density at radius 3 is 2.10 bits per heavy atom. The van der Waals surface area contributed by atoms with E-state index in [-0.39, 0.29) is 18.1 Å². The molecule has 3 nitrogen and oxygen atoms in total. The molecule has 1 N–H and O–H groups in total. The molecule has 0 bridgehead atoms. The van der Waals surface area contributed by atoms with E-state index in [0.29, 0.717) is 12.0 Å². The van der Waals surface area contributed by atoms with Crippen LogP contribution in [0, 0.1) is 5.92 Å². The molecule has 1 atom stereocenters. The van der Waals surface area contributed by atoms with Gasteiger partial charge in [0.25, 0.3) is 0 Å². The van der Waals surface area contributed by atoms with Crippen LogP contribution in [0.4, 0.5) is 0 Å². The lowest BCUT2D eigenvalue weighted by atomic mass is 9.94. The van der Waals surface area contributed by atoms with Gasteiger partial charge in [-0.1, -0.05) is 61.5 Å². The van der Waals surface area contributed by atoms with Crippen LogP contribution in [-0.4, -0.2) is 16.9 Å². The van der Waals surface area contributed by atoms with E-state index in [0.717, 1.165) is 11.1 Å². The van der Waals surface area contributed by atoms with Gasteiger partial charge in [-0.3, -0.25) is 9.59 Å². The summed E-state index contributed by atoms with van der Waals surface area (Å²) < 4.78 is 0. The average molecular weight is 282 g/mol. The molecule has 0 saturated heterocycles. The first-order valence-electron chi connectivity index (χ1n) is 6.99. The lowest BCUT2D eigenvalue weighted by Gasteiger charge is -2.09. The van der Waals surface area contributed by atoms with E-state index in [1.54, 1.807) is 6.92 Å². The van der Waals surface area contributed by atoms with Gasteiger partial charge in [-0.2, -0.15) is 0 Å². The Hall–Kier alpha value is -2.42. The van der Waals surface area contributed by atoms with Crippen LogP contribution < -0.4 is 0 Å². The summed E-state index contributed by atoms with van der Waals surface area (Å²) in [6.45, 7) is 1.77. The van der Waals surface area contributed by atoms with E-state index in [1.807, 2.05) is 54.6 Å². The number of hydrogen-bond donors (Lipinski definition) is 1. The van der Waals surface area contributed by atoms with Crippen LogP contribution in [0.15, 0.2) is 54.6 Å². The van der Waals surface area contributed by atoms with Crippen molar-refractivity contribution in [2.75, 3.05) is 0 Å². The zero-order chi connectivity index (χ0) is 15.2. The van der Waals surface area contributed by atoms with Crippen molar-refractivity contribution < 1.29 is 14.7 Å². The minimum atomic E-state index is -0.867. The summed E-state index contributed by atoms with van der Waals surface area (Å²) in [4.78, 5) is 22.8. The number of ketones is 1. The van der Waals surface area contributed by atoms with E-state index in [9.17, 15) is 9.59 Å². The van der Waals surface area contributed by atoms with Crippen molar-refractivity contribution in [3.63, 3.8) is 0 Å². The van der Waals surface area contributed by atoms with Gasteiger partial charge in [0.15, 0.2) is 5.78 Å². The van der Waals surface area contributed by atoms with Crippen LogP contribution >= 0.6 is 0 Å². The Morgan fingerprint density at radius 1 is 0.952 bits per heavy atom. The summed E-state index contributed by atoms with van der Waals surface area (Å²) in [5.41, 5.74) is 2.80. The molecule has 2 aromatic rings. The molecule has 0 fully saturated rings. The largest absolute Gasteiger partial charge is 0.481 e. The Labute approximate surface area is 124 Å². The number of carbonyl (C=O) groups is 2. The molecular weight excluding hydrogens is 264 g/mol. The zero-order valence-electron chi connectivity index (χ0n) is 12.0. The third kappa shape index (κ3) is 4.02. The Kier molecular flexibility index (Phi) is 4.88. The highest BCUT2D eigenvalue weighted by atomic mass is 16.4. The molecular formula is C18H18O3. The monoisotopic (exact) mass is 282 g/mol. The van der Waals surface area contributed by atoms with Crippen LogP contribution in [0.2, 0.25) is 0 Å². The van der Waals surface area contributed by atoms with Crippen molar-refractivity contribution in [3.05, 3.63) is 60.2 Å². The van der Waals surface area contributed by atoms with Gasteiger partial charge in [-0.05, 0) is 17.5 Å². The highest BCUT2D eigenvalue weighted by Crippen LogP contribution is 2.21. The fourth-order valence-corrected chi connectivity index (χ4v) is 2.21. The molecule has 0 aliphatic carbocycles. The third-order valence-corrected chi connectivity index (χ3v) is 3.52. The van der Waals surface area contributed by atoms with E-state index < -0.39 is 5.97 Å². The van der Waals surface area contributed by atoms with Gasteiger partial charge in [-0.15, -0.1) is 0 Å². The molecule has 0 aliphatic heterocycles. The fourth-order valence-electron chi connectivity index (χ4n) is 2.21. The van der Waals surface area contributed by atoms with Gasteiger partial charge in [0, 0.05) is 17.9 Å². The second-order valence-corrected chi connectivity index (χ2v) is 5.14. The molecule has 0 amide bonds. The SMILES string of the molecule is CC(CCC(=O)O)C(=O)c1ccc(-c2ccccc2)cc1. The summed E-state index contributed by atoms with van der Waals surface area (Å²) in [5, 5.41) is 8.67. The summed E-state index contributed by atoms with van der Waals surface area (Å²) in [6, 6.07) is 17.4. The molecule has 0 aromatic heterocycles. The smallest absolute Gasteiger partial charge is 0.303 e. The lowest BCUT2D eigenvalue weighted by Crippen LogP contribution is -2.12. The Balaban J connectivity index is 2.08. The van der Waals surface area contributed by atoms with Gasteiger partial charge >= 0.3 is 5.97 Å². The zero-order valence-corrected chi connectivity index (χ0v) is 12.0. The predicted octanol–water partition coefficient (Wildman–Crippen LogP) is 4.04. The summed E-state index contributed by atoms with van der Waals surface area (Å²) in [5.74, 6) is -1.14. The number of carboxylic acid groups (broad SMARTS) is 1. The van der Waals surface area contributed by atoms with E-state index >= 15 is 0 Å². The number of carbonyl (C=O) groups excluding carboxylic acids is 1. The standard InChI is InChI=1S/C18H18O3/c1-13(7-12-17(19)20)18(21)16-10-8-15(9-11-16)14-5-3-2-4-6-14/h2-6,8-11,13H,7,12H2,1H3,(H,19,20). The average Bonchev–Trinajstić information content (AvgIpc) is 2.53. The lowest BCUT2D eigenvalue weighted by molar-refractivity contribution is -0.137. The van der Waals surface area contributed by atoms with Gasteiger partial charge < -0.3 is 5.11 Å². The van der Waals surface area contributed by atoms with Gasteiger partial charge in [0.1, 0.15) is 0 Å². The van der Waals surface area contributed by atoms with E-state index in [1.165, 1.54) is 0 Å². The van der Waals surface area contributed by atoms with Crippen molar-refractivity contribution in [1.29, 1.82) is 0 Å². The first-order valence-corrected chi connectivity index (χ1v) is 6.99. The Morgan fingerprint density at radius 2 is 1.52 bits per heavy atom. The normalized spacial score (nSPS) is 11.9. The molecule has 0 aliphatic rings. The molecule has 21 heavy (non-hydrogen) atoms. The number of aliphatic carboxylic acids is 1. The number of benzene rings is 2. The van der Waals surface area contributed by atoms with Crippen molar-refractivity contribution in [2.45, 2.75) is 19.8 Å². The molecule has 3 heteroatoms. The summed E-state index contributed by atoms with van der Waals surface area (Å²) in [6.07, 6.45) is 0.392. The van der Waals surface area contributed by atoms with E-state index in [4.69, 9.17) is 5.11 Å². The third-order valence-electron chi connectivity index (χ3n) is 3.52. The number of hydrogen-bond acceptors (Lipinski definition) is 2. The maximum atomic E-state index is 12.2. The summed E-state index contributed by atoms with van der Waals surface area (Å²) in [7, 11) is 0. The second kappa shape index (κ2) is 6.84. The molecule has 2 aromatic carbocycles. The van der Waals surface area contributed by atoms with Crippen molar-refractivity contribution in [3.8, 4) is 11.1 Å².